The van der Waals surface area contributed by atoms with Crippen LogP contribution in [0.2, 0.25) is 0 Å². The van der Waals surface area contributed by atoms with Crippen molar-refractivity contribution in [3.8, 4) is 0 Å². The average molecular weight is 287 g/mol. The highest BCUT2D eigenvalue weighted by Crippen LogP contribution is 2.27. The first-order valence-corrected chi connectivity index (χ1v) is 6.41. The maximum absolute atomic E-state index is 10.9. The Morgan fingerprint density at radius 1 is 1.48 bits per heavy atom. The Morgan fingerprint density at radius 3 is 3.05 bits per heavy atom. The highest BCUT2D eigenvalue weighted by atomic mass is 16.6. The van der Waals surface area contributed by atoms with E-state index in [0.717, 1.165) is 0 Å². The van der Waals surface area contributed by atoms with E-state index in [0.29, 0.717) is 12.1 Å². The van der Waals surface area contributed by atoms with E-state index >= 15 is 0 Å². The van der Waals surface area contributed by atoms with E-state index in [9.17, 15) is 10.1 Å². The van der Waals surface area contributed by atoms with E-state index in [1.165, 1.54) is 6.07 Å². The number of hydrogen-bond donors (Lipinski definition) is 1. The van der Waals surface area contributed by atoms with Gasteiger partial charge in [0.15, 0.2) is 11.1 Å². The summed E-state index contributed by atoms with van der Waals surface area (Å²) >= 11 is 0. The van der Waals surface area contributed by atoms with Crippen molar-refractivity contribution in [2.45, 2.75) is 19.5 Å². The van der Waals surface area contributed by atoms with Gasteiger partial charge in [0.1, 0.15) is 0 Å². The van der Waals surface area contributed by atoms with Gasteiger partial charge in [-0.15, -0.1) is 0 Å². The third-order valence-electron chi connectivity index (χ3n) is 2.98. The Kier molecular flexibility index (Phi) is 3.27. The maximum Gasteiger partial charge on any atom is 0.298 e. The van der Waals surface area contributed by atoms with Gasteiger partial charge in [0.2, 0.25) is 0 Å². The summed E-state index contributed by atoms with van der Waals surface area (Å²) in [5.41, 5.74) is 0.568. The molecule has 1 N–H and O–H groups in total. The van der Waals surface area contributed by atoms with Crippen LogP contribution in [-0.2, 0) is 6.54 Å². The van der Waals surface area contributed by atoms with Crippen LogP contribution in [0.5, 0.6) is 0 Å². The van der Waals surface area contributed by atoms with Crippen molar-refractivity contribution in [2.75, 3.05) is 5.32 Å². The van der Waals surface area contributed by atoms with Crippen LogP contribution in [0, 0.1) is 10.1 Å². The van der Waals surface area contributed by atoms with Crippen LogP contribution in [0.4, 0.5) is 11.7 Å². The van der Waals surface area contributed by atoms with Crippen LogP contribution in [0.15, 0.2) is 41.1 Å². The first-order valence-electron chi connectivity index (χ1n) is 6.41. The number of rotatable bonds is 5. The second kappa shape index (κ2) is 5.23. The van der Waals surface area contributed by atoms with Crippen LogP contribution in [0.25, 0.3) is 11.1 Å². The summed E-state index contributed by atoms with van der Waals surface area (Å²) in [5.74, 6) is 0. The monoisotopic (exact) mass is 287 g/mol. The molecule has 0 radical (unpaired) electrons. The molecule has 0 aliphatic carbocycles. The van der Waals surface area contributed by atoms with E-state index in [4.69, 9.17) is 4.42 Å². The molecule has 0 fully saturated rings. The third kappa shape index (κ3) is 2.69. The van der Waals surface area contributed by atoms with Crippen molar-refractivity contribution in [3.63, 3.8) is 0 Å². The first kappa shape index (κ1) is 13.1. The van der Waals surface area contributed by atoms with Crippen LogP contribution in [-0.4, -0.2) is 25.7 Å². The van der Waals surface area contributed by atoms with Gasteiger partial charge < -0.3 is 9.73 Å². The number of hydrogen-bond acceptors (Lipinski definition) is 6. The summed E-state index contributed by atoms with van der Waals surface area (Å²) in [6, 6.07) is 6.74. The molecule has 21 heavy (non-hydrogen) atoms. The fourth-order valence-corrected chi connectivity index (χ4v) is 2.09. The van der Waals surface area contributed by atoms with Crippen molar-refractivity contribution in [1.29, 1.82) is 0 Å². The number of non-ortho nitro benzene ring substituents is 1. The second-order valence-corrected chi connectivity index (χ2v) is 4.67. The predicted octanol–water partition coefficient (Wildman–Crippen LogP) is 2.43. The largest absolute Gasteiger partial charge is 0.423 e. The topological polar surface area (TPSA) is 99.0 Å². The van der Waals surface area contributed by atoms with E-state index in [-0.39, 0.29) is 23.3 Å². The quantitative estimate of drug-likeness (QED) is 0.571. The summed E-state index contributed by atoms with van der Waals surface area (Å²) < 4.78 is 7.27. The smallest absolute Gasteiger partial charge is 0.298 e. The first-order chi connectivity index (χ1) is 10.1. The Labute approximate surface area is 119 Å². The van der Waals surface area contributed by atoms with Crippen LogP contribution >= 0.6 is 0 Å². The SMILES string of the molecule is CC(Cn1cccn1)Nc1nc2c([N+](=O)[O-])cccc2o1. The van der Waals surface area contributed by atoms with Gasteiger partial charge in [0.25, 0.3) is 11.7 Å². The van der Waals surface area contributed by atoms with Crippen LogP contribution in [0.3, 0.4) is 0 Å². The molecule has 3 rings (SSSR count). The molecule has 2 heterocycles. The van der Waals surface area contributed by atoms with Crippen LogP contribution < -0.4 is 5.32 Å². The lowest BCUT2D eigenvalue weighted by molar-refractivity contribution is -0.383. The van der Waals surface area contributed by atoms with E-state index < -0.39 is 4.92 Å². The zero-order valence-corrected chi connectivity index (χ0v) is 11.3. The van der Waals surface area contributed by atoms with Gasteiger partial charge in [0, 0.05) is 24.5 Å². The summed E-state index contributed by atoms with van der Waals surface area (Å²) in [6.07, 6.45) is 3.56. The Morgan fingerprint density at radius 2 is 2.33 bits per heavy atom. The molecule has 0 amide bonds. The highest BCUT2D eigenvalue weighted by molar-refractivity contribution is 5.84. The molecule has 0 saturated heterocycles. The number of nitro groups is 1. The number of anilines is 1. The van der Waals surface area contributed by atoms with Crippen molar-refractivity contribution < 1.29 is 9.34 Å². The minimum atomic E-state index is -0.470. The van der Waals surface area contributed by atoms with Crippen molar-refractivity contribution >= 4 is 22.8 Å². The summed E-state index contributed by atoms with van der Waals surface area (Å²) in [4.78, 5) is 14.6. The molecule has 0 aliphatic rings. The van der Waals surface area contributed by atoms with Crippen molar-refractivity contribution in [2.24, 2.45) is 0 Å². The normalized spacial score (nSPS) is 12.4. The summed E-state index contributed by atoms with van der Waals surface area (Å²) in [6.45, 7) is 2.58. The maximum atomic E-state index is 10.9. The van der Waals surface area contributed by atoms with E-state index in [1.807, 2.05) is 19.2 Å². The molecule has 3 aromatic rings. The highest BCUT2D eigenvalue weighted by Gasteiger charge is 2.18. The van der Waals surface area contributed by atoms with Gasteiger partial charge in [0.05, 0.1) is 11.5 Å². The minimum Gasteiger partial charge on any atom is -0.423 e. The summed E-state index contributed by atoms with van der Waals surface area (Å²) in [5, 5.41) is 18.1. The number of nitro benzene ring substituents is 1. The van der Waals surface area contributed by atoms with Crippen molar-refractivity contribution in [1.82, 2.24) is 14.8 Å². The van der Waals surface area contributed by atoms with E-state index in [2.05, 4.69) is 15.4 Å². The lowest BCUT2D eigenvalue weighted by Crippen LogP contribution is -2.22. The molecule has 2 aromatic heterocycles. The number of fused-ring (bicyclic) bond motifs is 1. The lowest BCUT2D eigenvalue weighted by atomic mass is 10.3. The Bertz CT molecular complexity index is 765. The average Bonchev–Trinajstić information content (AvgIpc) is 3.06. The van der Waals surface area contributed by atoms with Gasteiger partial charge in [-0.05, 0) is 19.1 Å². The fraction of sp³-hybridized carbons (Fsp3) is 0.231. The molecular weight excluding hydrogens is 274 g/mol. The van der Waals surface area contributed by atoms with Gasteiger partial charge in [-0.2, -0.15) is 10.1 Å². The molecule has 0 aliphatic heterocycles. The second-order valence-electron chi connectivity index (χ2n) is 4.67. The molecule has 8 nitrogen and oxygen atoms in total. The number of nitrogens with one attached hydrogen (secondary N) is 1. The van der Waals surface area contributed by atoms with Crippen molar-refractivity contribution in [3.05, 3.63) is 46.8 Å². The third-order valence-corrected chi connectivity index (χ3v) is 2.98. The standard InChI is InChI=1S/C13H13N5O3/c1-9(8-17-7-3-6-14-17)15-13-16-12-10(18(19)20)4-2-5-11(12)21-13/h2-7,9H,8H2,1H3,(H,15,16). The molecule has 1 unspecified atom stereocenters. The van der Waals surface area contributed by atoms with Gasteiger partial charge >= 0.3 is 0 Å². The molecule has 8 heteroatoms. The minimum absolute atomic E-state index is 0.0111. The number of oxazole rings is 1. The molecule has 0 spiro atoms. The molecule has 0 bridgehead atoms. The predicted molar refractivity (Wildman–Crippen MR) is 76.0 cm³/mol. The lowest BCUT2D eigenvalue weighted by Gasteiger charge is -2.11. The molecule has 0 saturated carbocycles. The van der Waals surface area contributed by atoms with Gasteiger partial charge in [-0.1, -0.05) is 6.07 Å². The molecule has 108 valence electrons. The van der Waals surface area contributed by atoms with Crippen LogP contribution in [0.1, 0.15) is 6.92 Å². The van der Waals surface area contributed by atoms with Gasteiger partial charge in [-0.3, -0.25) is 14.8 Å². The number of benzene rings is 1. The van der Waals surface area contributed by atoms with E-state index in [1.54, 1.807) is 23.0 Å². The zero-order chi connectivity index (χ0) is 14.8. The number of aromatic nitrogens is 3. The fourth-order valence-electron chi connectivity index (χ4n) is 2.09. The molecule has 1 atom stereocenters. The molecular formula is C13H13N5O3. The van der Waals surface area contributed by atoms with Gasteiger partial charge in [-0.25, -0.2) is 0 Å². The Hall–Kier alpha value is -2.90. The number of nitrogens with zero attached hydrogens (tertiary/aromatic N) is 4. The number of para-hydroxylation sites is 1. The molecule has 1 aromatic carbocycles. The zero-order valence-electron chi connectivity index (χ0n) is 11.3. The summed E-state index contributed by atoms with van der Waals surface area (Å²) in [7, 11) is 0. The Balaban J connectivity index is 1.81.